The van der Waals surface area contributed by atoms with Gasteiger partial charge >= 0.3 is 0 Å². The van der Waals surface area contributed by atoms with E-state index in [9.17, 15) is 10.4 Å². The third-order valence-electron chi connectivity index (χ3n) is 4.12. The molecule has 0 saturated carbocycles. The number of hydrogen-bond acceptors (Lipinski definition) is 4. The van der Waals surface area contributed by atoms with Crippen LogP contribution in [0.3, 0.4) is 0 Å². The van der Waals surface area contributed by atoms with Crippen molar-refractivity contribution >= 4 is 0 Å². The smallest absolute Gasteiger partial charge is 0.107 e. The van der Waals surface area contributed by atoms with Crippen molar-refractivity contribution < 1.29 is 5.11 Å². The summed E-state index contributed by atoms with van der Waals surface area (Å²) in [5, 5.41) is 19.1. The highest BCUT2D eigenvalue weighted by Crippen LogP contribution is 2.40. The van der Waals surface area contributed by atoms with Crippen LogP contribution in [-0.2, 0) is 0 Å². The van der Waals surface area contributed by atoms with Crippen molar-refractivity contribution in [2.45, 2.75) is 18.0 Å². The molecule has 4 heteroatoms. The highest BCUT2D eigenvalue weighted by molar-refractivity contribution is 5.40. The van der Waals surface area contributed by atoms with E-state index in [4.69, 9.17) is 0 Å². The second-order valence-corrected chi connectivity index (χ2v) is 6.00. The van der Waals surface area contributed by atoms with Gasteiger partial charge in [-0.25, -0.2) is 0 Å². The molecule has 0 aliphatic carbocycles. The van der Waals surface area contributed by atoms with Crippen LogP contribution in [-0.4, -0.2) is 60.8 Å². The van der Waals surface area contributed by atoms with E-state index in [0.717, 1.165) is 17.7 Å². The Hall–Kier alpha value is -2.11. The number of benzene rings is 1. The molecule has 23 heavy (non-hydrogen) atoms. The molecule has 1 aliphatic heterocycles. The third kappa shape index (κ3) is 3.81. The summed E-state index contributed by atoms with van der Waals surface area (Å²) in [5.74, 6) is 6.27. The zero-order valence-corrected chi connectivity index (χ0v) is 13.7. The molecule has 120 valence electrons. The van der Waals surface area contributed by atoms with E-state index >= 15 is 0 Å². The van der Waals surface area contributed by atoms with Crippen LogP contribution in [0.25, 0.3) is 0 Å². The standard InChI is InChI=1S/C19H23N3O/c1-4-11-22-17(13-20)19(18(22)14-23)16-9-7-15(8-10-16)6-5-12-21(2)3/h4,7-10,17-19,23H,1,11-12,14H2,2-3H3/t17-,18-,19-/m1/s1. The summed E-state index contributed by atoms with van der Waals surface area (Å²) in [7, 11) is 3.97. The van der Waals surface area contributed by atoms with Gasteiger partial charge < -0.3 is 5.11 Å². The molecule has 1 saturated heterocycles. The summed E-state index contributed by atoms with van der Waals surface area (Å²) < 4.78 is 0. The first kappa shape index (κ1) is 17.2. The van der Waals surface area contributed by atoms with Gasteiger partial charge in [0.1, 0.15) is 6.04 Å². The SMILES string of the molecule is C=CCN1[C@H](C#N)[C@@H](c2ccc(C#CCN(C)C)cc2)[C@H]1CO. The molecule has 1 aliphatic rings. The van der Waals surface area contributed by atoms with Gasteiger partial charge in [0.05, 0.1) is 19.2 Å². The molecule has 1 heterocycles. The normalized spacial score (nSPS) is 23.5. The predicted octanol–water partition coefficient (Wildman–Crippen LogP) is 1.44. The molecule has 0 unspecified atom stereocenters. The fraction of sp³-hybridized carbons (Fsp3) is 0.421. The van der Waals surface area contributed by atoms with E-state index in [0.29, 0.717) is 6.54 Å². The molecule has 0 amide bonds. The summed E-state index contributed by atoms with van der Waals surface area (Å²) in [4.78, 5) is 4.01. The Morgan fingerprint density at radius 1 is 1.35 bits per heavy atom. The van der Waals surface area contributed by atoms with Crippen molar-refractivity contribution in [1.82, 2.24) is 9.80 Å². The number of aliphatic hydroxyl groups is 1. The second kappa shape index (κ2) is 7.94. The molecule has 1 fully saturated rings. The Bertz CT molecular complexity index is 633. The van der Waals surface area contributed by atoms with Crippen molar-refractivity contribution in [3.63, 3.8) is 0 Å². The summed E-state index contributed by atoms with van der Waals surface area (Å²) in [6.45, 7) is 5.11. The minimum Gasteiger partial charge on any atom is -0.395 e. The van der Waals surface area contributed by atoms with Gasteiger partial charge in [-0.15, -0.1) is 6.58 Å². The lowest BCUT2D eigenvalue weighted by Crippen LogP contribution is -2.63. The lowest BCUT2D eigenvalue weighted by Gasteiger charge is -2.51. The summed E-state index contributed by atoms with van der Waals surface area (Å²) in [6.07, 6.45) is 1.77. The maximum atomic E-state index is 9.64. The Balaban J connectivity index is 2.13. The maximum absolute atomic E-state index is 9.64. The van der Waals surface area contributed by atoms with Crippen molar-refractivity contribution in [2.24, 2.45) is 0 Å². The molecular formula is C19H23N3O. The van der Waals surface area contributed by atoms with Gasteiger partial charge in [-0.3, -0.25) is 9.80 Å². The van der Waals surface area contributed by atoms with Gasteiger partial charge in [-0.05, 0) is 31.8 Å². The molecule has 0 aromatic heterocycles. The van der Waals surface area contributed by atoms with Gasteiger partial charge in [-0.2, -0.15) is 5.26 Å². The Morgan fingerprint density at radius 3 is 2.57 bits per heavy atom. The molecule has 2 rings (SSSR count). The van der Waals surface area contributed by atoms with Crippen LogP contribution in [0.4, 0.5) is 0 Å². The van der Waals surface area contributed by atoms with Crippen molar-refractivity contribution in [3.05, 3.63) is 48.0 Å². The second-order valence-electron chi connectivity index (χ2n) is 6.00. The van der Waals surface area contributed by atoms with Crippen LogP contribution in [0, 0.1) is 23.2 Å². The van der Waals surface area contributed by atoms with E-state index in [1.54, 1.807) is 6.08 Å². The number of aliphatic hydroxyl groups excluding tert-OH is 1. The fourth-order valence-electron chi connectivity index (χ4n) is 2.99. The summed E-state index contributed by atoms with van der Waals surface area (Å²) >= 11 is 0. The largest absolute Gasteiger partial charge is 0.395 e. The highest BCUT2D eigenvalue weighted by Gasteiger charge is 2.48. The Morgan fingerprint density at radius 2 is 2.04 bits per heavy atom. The summed E-state index contributed by atoms with van der Waals surface area (Å²) in [5.41, 5.74) is 2.04. The van der Waals surface area contributed by atoms with Gasteiger partial charge in [0, 0.05) is 24.1 Å². The zero-order chi connectivity index (χ0) is 16.8. The monoisotopic (exact) mass is 309 g/mol. The van der Waals surface area contributed by atoms with Crippen LogP contribution in [0.1, 0.15) is 17.0 Å². The minimum atomic E-state index is -0.212. The van der Waals surface area contributed by atoms with E-state index in [1.807, 2.05) is 48.2 Å². The quantitative estimate of drug-likeness (QED) is 0.660. The lowest BCUT2D eigenvalue weighted by atomic mass is 9.75. The van der Waals surface area contributed by atoms with E-state index in [-0.39, 0.29) is 24.6 Å². The average Bonchev–Trinajstić information content (AvgIpc) is 2.52. The maximum Gasteiger partial charge on any atom is 0.107 e. The van der Waals surface area contributed by atoms with Crippen LogP contribution in [0.15, 0.2) is 36.9 Å². The topological polar surface area (TPSA) is 50.5 Å². The first-order valence-electron chi connectivity index (χ1n) is 7.73. The van der Waals surface area contributed by atoms with Crippen molar-refractivity contribution in [2.75, 3.05) is 33.8 Å². The van der Waals surface area contributed by atoms with E-state index in [2.05, 4.69) is 24.5 Å². The van der Waals surface area contributed by atoms with Gasteiger partial charge in [0.2, 0.25) is 0 Å². The zero-order valence-electron chi connectivity index (χ0n) is 13.7. The molecule has 1 N–H and O–H groups in total. The van der Waals surface area contributed by atoms with Gasteiger partial charge in [0.25, 0.3) is 0 Å². The lowest BCUT2D eigenvalue weighted by molar-refractivity contribution is -0.00730. The molecule has 0 radical (unpaired) electrons. The highest BCUT2D eigenvalue weighted by atomic mass is 16.3. The van der Waals surface area contributed by atoms with Crippen molar-refractivity contribution in [1.29, 1.82) is 5.26 Å². The molecule has 3 atom stereocenters. The molecule has 1 aromatic carbocycles. The molecule has 4 nitrogen and oxygen atoms in total. The van der Waals surface area contributed by atoms with Crippen molar-refractivity contribution in [3.8, 4) is 17.9 Å². The number of likely N-dealkylation sites (tertiary alicyclic amines) is 1. The Labute approximate surface area is 138 Å². The van der Waals surface area contributed by atoms with E-state index < -0.39 is 0 Å². The number of hydrogen-bond donors (Lipinski definition) is 1. The first-order chi connectivity index (χ1) is 11.1. The molecule has 1 aromatic rings. The van der Waals surface area contributed by atoms with Crippen LogP contribution in [0.2, 0.25) is 0 Å². The fourth-order valence-corrected chi connectivity index (χ4v) is 2.99. The Kier molecular flexibility index (Phi) is 5.96. The third-order valence-corrected chi connectivity index (χ3v) is 4.12. The predicted molar refractivity (Wildman–Crippen MR) is 91.8 cm³/mol. The number of nitriles is 1. The van der Waals surface area contributed by atoms with Gasteiger partial charge in [-0.1, -0.05) is 30.0 Å². The molecule has 0 bridgehead atoms. The van der Waals surface area contributed by atoms with Crippen LogP contribution in [0.5, 0.6) is 0 Å². The minimum absolute atomic E-state index is 0.0247. The average molecular weight is 309 g/mol. The number of rotatable bonds is 5. The molecule has 0 spiro atoms. The van der Waals surface area contributed by atoms with Crippen LogP contribution < -0.4 is 0 Å². The van der Waals surface area contributed by atoms with E-state index in [1.165, 1.54) is 0 Å². The number of nitrogens with zero attached hydrogens (tertiary/aromatic N) is 3. The summed E-state index contributed by atoms with van der Waals surface area (Å²) in [6, 6.07) is 10.1. The molecular weight excluding hydrogens is 286 g/mol. The first-order valence-corrected chi connectivity index (χ1v) is 7.73. The van der Waals surface area contributed by atoms with Gasteiger partial charge in [0.15, 0.2) is 0 Å². The van der Waals surface area contributed by atoms with Crippen LogP contribution >= 0.6 is 0 Å².